The van der Waals surface area contributed by atoms with E-state index in [0.717, 1.165) is 36.8 Å². The van der Waals surface area contributed by atoms with Gasteiger partial charge in [-0.2, -0.15) is 5.26 Å². The van der Waals surface area contributed by atoms with Crippen LogP contribution in [0.15, 0.2) is 39.5 Å². The summed E-state index contributed by atoms with van der Waals surface area (Å²) >= 11 is 1.51. The van der Waals surface area contributed by atoms with Gasteiger partial charge < -0.3 is 9.40 Å². The number of nitrogens with zero attached hydrogens (tertiary/aromatic N) is 3. The summed E-state index contributed by atoms with van der Waals surface area (Å²) in [5, 5.41) is 21.8. The molecule has 0 saturated carbocycles. The van der Waals surface area contributed by atoms with E-state index in [0.29, 0.717) is 27.3 Å². The number of rotatable bonds is 4. The highest BCUT2D eigenvalue weighted by Gasteiger charge is 2.21. The summed E-state index contributed by atoms with van der Waals surface area (Å²) in [6.07, 6.45) is 5.46. The van der Waals surface area contributed by atoms with Crippen molar-refractivity contribution >= 4 is 38.9 Å². The predicted octanol–water partition coefficient (Wildman–Crippen LogP) is 5.40. The van der Waals surface area contributed by atoms with Crippen LogP contribution in [-0.2, 0) is 12.8 Å². The Morgan fingerprint density at radius 2 is 2.12 bits per heavy atom. The number of hydrogen-bond acceptors (Lipinski definition) is 7. The van der Waals surface area contributed by atoms with E-state index in [1.165, 1.54) is 28.4 Å². The van der Waals surface area contributed by atoms with Crippen molar-refractivity contribution in [3.8, 4) is 17.4 Å². The van der Waals surface area contributed by atoms with E-state index in [4.69, 9.17) is 4.42 Å². The Balaban J connectivity index is 1.55. The summed E-state index contributed by atoms with van der Waals surface area (Å²) in [6, 6.07) is 10.2. The number of nitrogens with one attached hydrogen (secondary N) is 1. The van der Waals surface area contributed by atoms with Crippen LogP contribution < -0.4 is 5.56 Å². The first-order valence-corrected chi connectivity index (χ1v) is 11.3. The van der Waals surface area contributed by atoms with Crippen LogP contribution in [0.25, 0.3) is 33.2 Å². The molecule has 0 atom stereocenters. The van der Waals surface area contributed by atoms with Gasteiger partial charge in [0.05, 0.1) is 21.4 Å². The lowest BCUT2D eigenvalue weighted by atomic mass is 9.97. The van der Waals surface area contributed by atoms with E-state index < -0.39 is 4.92 Å². The summed E-state index contributed by atoms with van der Waals surface area (Å²) < 4.78 is 5.79. The Morgan fingerprint density at radius 3 is 2.91 bits per heavy atom. The number of H-pyrrole nitrogens is 1. The summed E-state index contributed by atoms with van der Waals surface area (Å²) in [6.45, 7) is 1.78. The van der Waals surface area contributed by atoms with E-state index in [9.17, 15) is 20.2 Å². The first kappa shape index (κ1) is 20.8. The molecule has 0 amide bonds. The fraction of sp³-hybridized carbons (Fsp3) is 0.208. The molecule has 3 aromatic heterocycles. The largest absolute Gasteiger partial charge is 0.456 e. The van der Waals surface area contributed by atoms with Crippen LogP contribution in [0.1, 0.15) is 40.4 Å². The van der Waals surface area contributed by atoms with Gasteiger partial charge in [0.25, 0.3) is 11.2 Å². The van der Waals surface area contributed by atoms with Crippen molar-refractivity contribution in [3.05, 3.63) is 78.4 Å². The average Bonchev–Trinajstić information content (AvgIpc) is 3.41. The van der Waals surface area contributed by atoms with Gasteiger partial charge in [-0.1, -0.05) is 6.07 Å². The number of aromatic nitrogens is 2. The molecular formula is C24H18N4O4S. The standard InChI is InChI=1S/C24H18N4O4S/c1-13-6-8-16(18(10-13)28(30)31)19-9-7-15(32-19)11-14(12-25)22-26-23(29)21-17-4-2-3-5-20(17)33-24(21)27-22/h6-11H,2-5H2,1H3,(H,26,27,29)/b14-11+. The first-order chi connectivity index (χ1) is 15.9. The molecule has 1 aliphatic carbocycles. The molecule has 5 rings (SSSR count). The minimum atomic E-state index is -0.453. The molecule has 4 aromatic rings. The van der Waals surface area contributed by atoms with Gasteiger partial charge in [0, 0.05) is 17.0 Å². The number of fused-ring (bicyclic) bond motifs is 3. The highest BCUT2D eigenvalue weighted by atomic mass is 32.1. The highest BCUT2D eigenvalue weighted by Crippen LogP contribution is 2.35. The number of aromatic amines is 1. The topological polar surface area (TPSA) is 126 Å². The fourth-order valence-corrected chi connectivity index (χ4v) is 5.43. The Labute approximate surface area is 192 Å². The molecule has 1 N–H and O–H groups in total. The molecule has 0 saturated heterocycles. The van der Waals surface area contributed by atoms with E-state index in [1.807, 2.05) is 0 Å². The van der Waals surface area contributed by atoms with Crippen LogP contribution >= 0.6 is 11.3 Å². The van der Waals surface area contributed by atoms with Gasteiger partial charge >= 0.3 is 0 Å². The van der Waals surface area contributed by atoms with Crippen LogP contribution in [0.2, 0.25) is 0 Å². The molecule has 0 radical (unpaired) electrons. The lowest BCUT2D eigenvalue weighted by Crippen LogP contribution is -2.12. The van der Waals surface area contributed by atoms with Crippen molar-refractivity contribution in [2.45, 2.75) is 32.6 Å². The summed E-state index contributed by atoms with van der Waals surface area (Å²) in [7, 11) is 0. The Bertz CT molecular complexity index is 1550. The van der Waals surface area contributed by atoms with Crippen molar-refractivity contribution in [3.63, 3.8) is 0 Å². The normalized spacial score (nSPS) is 13.6. The van der Waals surface area contributed by atoms with Crippen LogP contribution in [0.3, 0.4) is 0 Å². The number of hydrogen-bond donors (Lipinski definition) is 1. The molecule has 0 fully saturated rings. The minimum absolute atomic E-state index is 0.0569. The number of nitriles is 1. The fourth-order valence-electron chi connectivity index (χ4n) is 4.16. The second-order valence-corrected chi connectivity index (χ2v) is 9.04. The zero-order valence-corrected chi connectivity index (χ0v) is 18.5. The number of nitro groups is 1. The molecule has 3 heterocycles. The molecular weight excluding hydrogens is 440 g/mol. The number of aryl methyl sites for hydroxylation is 3. The van der Waals surface area contributed by atoms with E-state index in [2.05, 4.69) is 16.0 Å². The molecule has 8 nitrogen and oxygen atoms in total. The number of benzene rings is 1. The van der Waals surface area contributed by atoms with Gasteiger partial charge in [-0.25, -0.2) is 4.98 Å². The molecule has 0 spiro atoms. The van der Waals surface area contributed by atoms with Crippen LogP contribution in [0, 0.1) is 28.4 Å². The smallest absolute Gasteiger partial charge is 0.280 e. The van der Waals surface area contributed by atoms with Crippen molar-refractivity contribution in [2.24, 2.45) is 0 Å². The Kier molecular flexibility index (Phi) is 5.15. The third-order valence-electron chi connectivity index (χ3n) is 5.73. The maximum absolute atomic E-state index is 12.8. The SMILES string of the molecule is Cc1ccc(-c2ccc(/C=C(\C#N)c3nc4sc5c(c4c(=O)[nH]3)CCCC5)o2)c([N+](=O)[O-])c1. The molecule has 164 valence electrons. The quantitative estimate of drug-likeness (QED) is 0.248. The number of thiophene rings is 1. The Hall–Kier alpha value is -4.03. The van der Waals surface area contributed by atoms with Gasteiger partial charge in [0.1, 0.15) is 22.4 Å². The lowest BCUT2D eigenvalue weighted by Gasteiger charge is -2.09. The molecule has 1 aliphatic rings. The maximum Gasteiger partial charge on any atom is 0.280 e. The van der Waals surface area contributed by atoms with Gasteiger partial charge in [0.15, 0.2) is 5.82 Å². The van der Waals surface area contributed by atoms with Gasteiger partial charge in [-0.15, -0.1) is 11.3 Å². The van der Waals surface area contributed by atoms with Gasteiger partial charge in [-0.05, 0) is 61.9 Å². The van der Waals surface area contributed by atoms with E-state index in [-0.39, 0.29) is 22.6 Å². The lowest BCUT2D eigenvalue weighted by molar-refractivity contribution is -0.384. The Morgan fingerprint density at radius 1 is 1.30 bits per heavy atom. The van der Waals surface area contributed by atoms with Crippen LogP contribution in [0.5, 0.6) is 0 Å². The minimum Gasteiger partial charge on any atom is -0.456 e. The first-order valence-electron chi connectivity index (χ1n) is 10.5. The molecule has 9 heteroatoms. The van der Waals surface area contributed by atoms with Crippen molar-refractivity contribution in [1.29, 1.82) is 5.26 Å². The van der Waals surface area contributed by atoms with Gasteiger partial charge in [-0.3, -0.25) is 14.9 Å². The zero-order chi connectivity index (χ0) is 23.1. The van der Waals surface area contributed by atoms with Crippen molar-refractivity contribution in [1.82, 2.24) is 9.97 Å². The number of allylic oxidation sites excluding steroid dienone is 1. The second kappa shape index (κ2) is 8.15. The van der Waals surface area contributed by atoms with Gasteiger partial charge in [0.2, 0.25) is 0 Å². The molecule has 0 unspecified atom stereocenters. The second-order valence-electron chi connectivity index (χ2n) is 7.96. The van der Waals surface area contributed by atoms with E-state index in [1.54, 1.807) is 31.2 Å². The third-order valence-corrected chi connectivity index (χ3v) is 6.92. The molecule has 0 aliphatic heterocycles. The average molecular weight is 458 g/mol. The predicted molar refractivity (Wildman–Crippen MR) is 126 cm³/mol. The van der Waals surface area contributed by atoms with Crippen LogP contribution in [-0.4, -0.2) is 14.9 Å². The third kappa shape index (κ3) is 3.75. The maximum atomic E-state index is 12.8. The summed E-state index contributed by atoms with van der Waals surface area (Å²) in [5.74, 6) is 0.811. The number of furan rings is 1. The molecule has 33 heavy (non-hydrogen) atoms. The van der Waals surface area contributed by atoms with E-state index >= 15 is 0 Å². The molecule has 0 bridgehead atoms. The van der Waals surface area contributed by atoms with Crippen LogP contribution in [0.4, 0.5) is 5.69 Å². The summed E-state index contributed by atoms with van der Waals surface area (Å²) in [5.41, 5.74) is 2.04. The summed E-state index contributed by atoms with van der Waals surface area (Å²) in [4.78, 5) is 32.9. The monoisotopic (exact) mass is 458 g/mol. The highest BCUT2D eigenvalue weighted by molar-refractivity contribution is 7.18. The van der Waals surface area contributed by atoms with Crippen molar-refractivity contribution < 1.29 is 9.34 Å². The zero-order valence-electron chi connectivity index (χ0n) is 17.7. The molecule has 1 aromatic carbocycles. The van der Waals surface area contributed by atoms with Crippen molar-refractivity contribution in [2.75, 3.05) is 0 Å². The number of nitro benzene ring substituents is 1.